The second-order valence-corrected chi connectivity index (χ2v) is 6.54. The highest BCUT2D eigenvalue weighted by molar-refractivity contribution is 5.79. The summed E-state index contributed by atoms with van der Waals surface area (Å²) in [5.41, 5.74) is 4.98. The number of rotatable bonds is 3. The lowest BCUT2D eigenvalue weighted by Gasteiger charge is -2.46. The number of fused-ring (bicyclic) bond motifs is 5. The molecule has 0 heteroatoms. The predicted molar refractivity (Wildman–Crippen MR) is 80.5 cm³/mol. The van der Waals surface area contributed by atoms with Crippen molar-refractivity contribution >= 4 is 5.57 Å². The van der Waals surface area contributed by atoms with Crippen LogP contribution in [0.15, 0.2) is 48.1 Å². The van der Waals surface area contributed by atoms with Gasteiger partial charge in [0, 0.05) is 0 Å². The van der Waals surface area contributed by atoms with Crippen molar-refractivity contribution in [2.24, 2.45) is 29.6 Å². The molecule has 1 aromatic rings. The topological polar surface area (TPSA) is 0 Å². The van der Waals surface area contributed by atoms with Crippen molar-refractivity contribution in [2.45, 2.75) is 26.7 Å². The minimum atomic E-state index is 0.754. The van der Waals surface area contributed by atoms with E-state index in [1.807, 2.05) is 0 Å². The molecule has 0 amide bonds. The van der Waals surface area contributed by atoms with Crippen LogP contribution in [0.3, 0.4) is 0 Å². The van der Waals surface area contributed by atoms with Gasteiger partial charge in [0.05, 0.1) is 0 Å². The van der Waals surface area contributed by atoms with Crippen molar-refractivity contribution in [1.29, 1.82) is 0 Å². The van der Waals surface area contributed by atoms with Crippen LogP contribution in [0.25, 0.3) is 5.57 Å². The maximum atomic E-state index is 2.50. The molecule has 5 unspecified atom stereocenters. The van der Waals surface area contributed by atoms with Crippen LogP contribution in [-0.4, -0.2) is 0 Å². The van der Waals surface area contributed by atoms with Crippen LogP contribution in [0.1, 0.15) is 32.3 Å². The Hall–Kier alpha value is -1.30. The fourth-order valence-electron chi connectivity index (χ4n) is 4.71. The van der Waals surface area contributed by atoms with E-state index < -0.39 is 0 Å². The van der Waals surface area contributed by atoms with E-state index in [-0.39, 0.29) is 0 Å². The molecule has 0 radical (unpaired) electrons. The molecule has 1 aromatic carbocycles. The quantitative estimate of drug-likeness (QED) is 0.667. The molecule has 4 rings (SSSR count). The number of hydrogen-bond donors (Lipinski definition) is 0. The van der Waals surface area contributed by atoms with Crippen LogP contribution in [0.5, 0.6) is 0 Å². The van der Waals surface area contributed by atoms with Gasteiger partial charge >= 0.3 is 0 Å². The zero-order chi connectivity index (χ0) is 13.0. The predicted octanol–water partition coefficient (Wildman–Crippen LogP) is 4.94. The highest BCUT2D eigenvalue weighted by Gasteiger charge is 2.55. The van der Waals surface area contributed by atoms with Crippen molar-refractivity contribution in [1.82, 2.24) is 0 Å². The second kappa shape index (κ2) is 4.10. The zero-order valence-corrected chi connectivity index (χ0v) is 11.8. The largest absolute Gasteiger partial charge is 0.0845 e. The molecule has 3 aliphatic rings. The minimum Gasteiger partial charge on any atom is -0.0845 e. The molecule has 0 spiro atoms. The fraction of sp³-hybridized carbons (Fsp3) is 0.474. The first-order valence-corrected chi connectivity index (χ1v) is 7.79. The zero-order valence-electron chi connectivity index (χ0n) is 11.8. The lowest BCUT2D eigenvalue weighted by Crippen LogP contribution is -2.35. The molecular weight excluding hydrogens is 228 g/mol. The van der Waals surface area contributed by atoms with E-state index in [4.69, 9.17) is 0 Å². The van der Waals surface area contributed by atoms with Gasteiger partial charge in [-0.3, -0.25) is 0 Å². The lowest BCUT2D eigenvalue weighted by atomic mass is 9.58. The lowest BCUT2D eigenvalue weighted by molar-refractivity contribution is 0.347. The van der Waals surface area contributed by atoms with Crippen molar-refractivity contribution in [3.05, 3.63) is 53.6 Å². The maximum absolute atomic E-state index is 2.50. The van der Waals surface area contributed by atoms with Gasteiger partial charge in [-0.1, -0.05) is 61.9 Å². The van der Waals surface area contributed by atoms with E-state index >= 15 is 0 Å². The Morgan fingerprint density at radius 3 is 2.42 bits per heavy atom. The van der Waals surface area contributed by atoms with Crippen LogP contribution in [-0.2, 0) is 0 Å². The Labute approximate surface area is 116 Å². The number of benzene rings is 1. The maximum Gasteiger partial charge on any atom is -0.00215 e. The third-order valence-electron chi connectivity index (χ3n) is 5.69. The first-order chi connectivity index (χ1) is 9.31. The van der Waals surface area contributed by atoms with Crippen LogP contribution >= 0.6 is 0 Å². The van der Waals surface area contributed by atoms with Gasteiger partial charge in [-0.25, -0.2) is 0 Å². The van der Waals surface area contributed by atoms with Crippen molar-refractivity contribution in [3.8, 4) is 0 Å². The van der Waals surface area contributed by atoms with E-state index in [9.17, 15) is 0 Å². The Kier molecular flexibility index (Phi) is 2.48. The van der Waals surface area contributed by atoms with E-state index in [1.54, 1.807) is 11.1 Å². The van der Waals surface area contributed by atoms with Gasteiger partial charge in [-0.05, 0) is 53.6 Å². The SMILES string of the molecule is CCC(C)C1=C(c2ccccc2)C2C3C=CC(C3)C12. The van der Waals surface area contributed by atoms with E-state index in [2.05, 4.69) is 56.3 Å². The molecule has 0 nitrogen and oxygen atoms in total. The summed E-state index contributed by atoms with van der Waals surface area (Å²) in [7, 11) is 0. The Bertz CT molecular complexity index is 549. The van der Waals surface area contributed by atoms with Gasteiger partial charge in [0.1, 0.15) is 0 Å². The molecule has 2 bridgehead atoms. The molecule has 0 aliphatic heterocycles. The fourth-order valence-corrected chi connectivity index (χ4v) is 4.71. The molecule has 19 heavy (non-hydrogen) atoms. The van der Waals surface area contributed by atoms with Gasteiger partial charge in [-0.2, -0.15) is 0 Å². The summed E-state index contributed by atoms with van der Waals surface area (Å²) >= 11 is 0. The third kappa shape index (κ3) is 1.46. The molecule has 3 aliphatic carbocycles. The van der Waals surface area contributed by atoms with Gasteiger partial charge in [-0.15, -0.1) is 0 Å². The molecule has 0 N–H and O–H groups in total. The first kappa shape index (κ1) is 11.5. The molecule has 5 atom stereocenters. The van der Waals surface area contributed by atoms with Gasteiger partial charge in [0.15, 0.2) is 0 Å². The highest BCUT2D eigenvalue weighted by atomic mass is 14.6. The number of hydrogen-bond acceptors (Lipinski definition) is 0. The highest BCUT2D eigenvalue weighted by Crippen LogP contribution is 2.65. The smallest absolute Gasteiger partial charge is 0.00215 e. The summed E-state index contributed by atoms with van der Waals surface area (Å²) in [6.45, 7) is 4.75. The monoisotopic (exact) mass is 250 g/mol. The van der Waals surface area contributed by atoms with Crippen LogP contribution in [0.2, 0.25) is 0 Å². The van der Waals surface area contributed by atoms with Crippen molar-refractivity contribution in [3.63, 3.8) is 0 Å². The molecule has 0 aromatic heterocycles. The summed E-state index contributed by atoms with van der Waals surface area (Å²) in [6, 6.07) is 11.1. The molecule has 1 fully saturated rings. The molecule has 0 saturated heterocycles. The van der Waals surface area contributed by atoms with Crippen LogP contribution in [0.4, 0.5) is 0 Å². The van der Waals surface area contributed by atoms with Crippen LogP contribution in [0, 0.1) is 29.6 Å². The molecule has 1 saturated carbocycles. The Morgan fingerprint density at radius 1 is 1.05 bits per heavy atom. The van der Waals surface area contributed by atoms with E-state index in [1.165, 1.54) is 18.4 Å². The number of allylic oxidation sites excluding steroid dienone is 4. The first-order valence-electron chi connectivity index (χ1n) is 7.79. The van der Waals surface area contributed by atoms with Crippen molar-refractivity contribution in [2.75, 3.05) is 0 Å². The summed E-state index contributed by atoms with van der Waals surface area (Å²) in [5, 5.41) is 0. The normalized spacial score (nSPS) is 36.3. The van der Waals surface area contributed by atoms with Gasteiger partial charge in [0.2, 0.25) is 0 Å². The average Bonchev–Trinajstić information content (AvgIpc) is 2.97. The summed E-state index contributed by atoms with van der Waals surface area (Å²) in [4.78, 5) is 0. The second-order valence-electron chi connectivity index (χ2n) is 6.54. The summed E-state index contributed by atoms with van der Waals surface area (Å²) < 4.78 is 0. The minimum absolute atomic E-state index is 0.754. The Balaban J connectivity index is 1.81. The average molecular weight is 250 g/mol. The molecule has 98 valence electrons. The van der Waals surface area contributed by atoms with E-state index in [0.717, 1.165) is 29.6 Å². The third-order valence-corrected chi connectivity index (χ3v) is 5.69. The van der Waals surface area contributed by atoms with Gasteiger partial charge in [0.25, 0.3) is 0 Å². The molecule has 0 heterocycles. The van der Waals surface area contributed by atoms with Crippen LogP contribution < -0.4 is 0 Å². The summed E-state index contributed by atoms with van der Waals surface area (Å²) in [6.07, 6.45) is 7.67. The molecular formula is C19H22. The van der Waals surface area contributed by atoms with E-state index in [0.29, 0.717) is 0 Å². The summed E-state index contributed by atoms with van der Waals surface area (Å²) in [5.74, 6) is 4.15. The Morgan fingerprint density at radius 2 is 1.74 bits per heavy atom. The standard InChI is InChI=1S/C19H22/c1-3-12(2)16-17(13-7-5-4-6-8-13)19-15-10-9-14(11-15)18(16)19/h4-10,12,14-15,18-19H,3,11H2,1-2H3. The van der Waals surface area contributed by atoms with Gasteiger partial charge < -0.3 is 0 Å². The van der Waals surface area contributed by atoms with Crippen molar-refractivity contribution < 1.29 is 0 Å².